The summed E-state index contributed by atoms with van der Waals surface area (Å²) in [4.78, 5) is 28.1. The number of carbonyl (C=O) groups excluding carboxylic acids is 2. The fourth-order valence-electron chi connectivity index (χ4n) is 3.60. The Morgan fingerprint density at radius 3 is 2.54 bits per heavy atom. The van der Waals surface area contributed by atoms with Crippen LogP contribution in [0.1, 0.15) is 39.0 Å². The number of hydrogen-bond donors (Lipinski definition) is 1. The normalized spacial score (nSPS) is 19.6. The van der Waals surface area contributed by atoms with Crippen molar-refractivity contribution in [1.82, 2.24) is 4.90 Å². The number of nitrogens with one attached hydrogen (secondary N) is 1. The van der Waals surface area contributed by atoms with Crippen molar-refractivity contribution < 1.29 is 14.3 Å². The molecule has 0 aliphatic carbocycles. The number of rotatable bonds is 7. The van der Waals surface area contributed by atoms with Crippen LogP contribution in [0.2, 0.25) is 0 Å². The van der Waals surface area contributed by atoms with Crippen molar-refractivity contribution in [3.05, 3.63) is 24.3 Å². The maximum atomic E-state index is 12.2. The van der Waals surface area contributed by atoms with Gasteiger partial charge in [0.25, 0.3) is 0 Å². The molecular weight excluding hydrogens is 330 g/mol. The van der Waals surface area contributed by atoms with Gasteiger partial charge in [-0.15, -0.1) is 0 Å². The van der Waals surface area contributed by atoms with Gasteiger partial charge in [0, 0.05) is 57.5 Å². The van der Waals surface area contributed by atoms with Crippen LogP contribution < -0.4 is 10.2 Å². The molecule has 3 rings (SSSR count). The first-order valence-electron chi connectivity index (χ1n) is 9.64. The van der Waals surface area contributed by atoms with Crippen molar-refractivity contribution in [2.45, 2.75) is 45.1 Å². The van der Waals surface area contributed by atoms with Crippen molar-refractivity contribution in [2.24, 2.45) is 0 Å². The number of nitrogens with zero attached hydrogens (tertiary/aromatic N) is 2. The predicted octanol–water partition coefficient (Wildman–Crippen LogP) is 2.64. The zero-order chi connectivity index (χ0) is 18.4. The zero-order valence-electron chi connectivity index (χ0n) is 15.6. The molecule has 2 fully saturated rings. The van der Waals surface area contributed by atoms with Crippen LogP contribution in [-0.4, -0.2) is 55.6 Å². The second kappa shape index (κ2) is 9.03. The standard InChI is InChI=1S/C20H29N3O3/c1-16(24)23(15-19-5-4-14-26-19)13-10-20(25)21-17-6-8-18(9-7-17)22-11-2-3-12-22/h6-9,19H,2-5,10-15H2,1H3,(H,21,25). The highest BCUT2D eigenvalue weighted by Gasteiger charge is 2.21. The molecule has 0 aromatic heterocycles. The average molecular weight is 359 g/mol. The molecule has 0 saturated carbocycles. The van der Waals surface area contributed by atoms with Gasteiger partial charge in [0.05, 0.1) is 6.10 Å². The van der Waals surface area contributed by atoms with E-state index in [1.54, 1.807) is 11.8 Å². The van der Waals surface area contributed by atoms with Crippen molar-refractivity contribution in [1.29, 1.82) is 0 Å². The number of benzene rings is 1. The van der Waals surface area contributed by atoms with Crippen LogP contribution in [-0.2, 0) is 14.3 Å². The fourth-order valence-corrected chi connectivity index (χ4v) is 3.60. The molecule has 1 unspecified atom stereocenters. The summed E-state index contributed by atoms with van der Waals surface area (Å²) < 4.78 is 5.59. The van der Waals surface area contributed by atoms with E-state index in [0.29, 0.717) is 19.5 Å². The van der Waals surface area contributed by atoms with Crippen LogP contribution in [0.5, 0.6) is 0 Å². The smallest absolute Gasteiger partial charge is 0.226 e. The summed E-state index contributed by atoms with van der Waals surface area (Å²) in [5.74, 6) is -0.0826. The first-order chi connectivity index (χ1) is 12.6. The van der Waals surface area contributed by atoms with Gasteiger partial charge in [-0.05, 0) is 49.9 Å². The van der Waals surface area contributed by atoms with Gasteiger partial charge in [0.2, 0.25) is 11.8 Å². The van der Waals surface area contributed by atoms with Crippen molar-refractivity contribution in [2.75, 3.05) is 43.0 Å². The number of hydrogen-bond acceptors (Lipinski definition) is 4. The quantitative estimate of drug-likeness (QED) is 0.813. The number of anilines is 2. The lowest BCUT2D eigenvalue weighted by Crippen LogP contribution is -2.37. The molecule has 0 spiro atoms. The molecule has 26 heavy (non-hydrogen) atoms. The third-order valence-corrected chi connectivity index (χ3v) is 5.12. The van der Waals surface area contributed by atoms with Crippen LogP contribution in [0.15, 0.2) is 24.3 Å². The summed E-state index contributed by atoms with van der Waals surface area (Å²) in [6.07, 6.45) is 4.93. The Kier molecular flexibility index (Phi) is 6.50. The summed E-state index contributed by atoms with van der Waals surface area (Å²) in [5.41, 5.74) is 2.01. The molecule has 6 nitrogen and oxygen atoms in total. The molecule has 142 valence electrons. The maximum absolute atomic E-state index is 12.2. The first-order valence-corrected chi connectivity index (χ1v) is 9.64. The maximum Gasteiger partial charge on any atom is 0.226 e. The Balaban J connectivity index is 1.45. The zero-order valence-corrected chi connectivity index (χ0v) is 15.6. The van der Waals surface area contributed by atoms with Crippen molar-refractivity contribution >= 4 is 23.2 Å². The van der Waals surface area contributed by atoms with E-state index in [-0.39, 0.29) is 17.9 Å². The number of ether oxygens (including phenoxy) is 1. The molecular formula is C20H29N3O3. The Bertz CT molecular complexity index is 605. The van der Waals surface area contributed by atoms with Gasteiger partial charge in [-0.1, -0.05) is 0 Å². The Morgan fingerprint density at radius 1 is 1.19 bits per heavy atom. The Hall–Kier alpha value is -2.08. The second-order valence-corrected chi connectivity index (χ2v) is 7.14. The SMILES string of the molecule is CC(=O)N(CCC(=O)Nc1ccc(N2CCCC2)cc1)CC1CCCO1. The molecule has 0 bridgehead atoms. The molecule has 2 amide bonds. The van der Waals surface area contributed by atoms with Gasteiger partial charge < -0.3 is 19.9 Å². The Labute approximate surface area is 155 Å². The molecule has 0 radical (unpaired) electrons. The fraction of sp³-hybridized carbons (Fsp3) is 0.600. The average Bonchev–Trinajstić information content (AvgIpc) is 3.33. The van der Waals surface area contributed by atoms with Gasteiger partial charge in [0.1, 0.15) is 0 Å². The van der Waals surface area contributed by atoms with E-state index in [0.717, 1.165) is 38.2 Å². The van der Waals surface area contributed by atoms with Gasteiger partial charge in [0.15, 0.2) is 0 Å². The first kappa shape index (κ1) is 18.7. The van der Waals surface area contributed by atoms with Crippen molar-refractivity contribution in [3.8, 4) is 0 Å². The molecule has 2 saturated heterocycles. The minimum Gasteiger partial charge on any atom is -0.376 e. The van der Waals surface area contributed by atoms with E-state index in [4.69, 9.17) is 4.74 Å². The van der Waals surface area contributed by atoms with Crippen LogP contribution in [0, 0.1) is 0 Å². The highest BCUT2D eigenvalue weighted by atomic mass is 16.5. The van der Waals surface area contributed by atoms with E-state index in [2.05, 4.69) is 22.3 Å². The lowest BCUT2D eigenvalue weighted by atomic mass is 10.2. The minimum atomic E-state index is -0.0717. The summed E-state index contributed by atoms with van der Waals surface area (Å²) in [6.45, 7) is 5.53. The third-order valence-electron chi connectivity index (χ3n) is 5.12. The molecule has 1 atom stereocenters. The lowest BCUT2D eigenvalue weighted by Gasteiger charge is -2.24. The molecule has 2 heterocycles. The van der Waals surface area contributed by atoms with E-state index in [1.807, 2.05) is 12.1 Å². The minimum absolute atomic E-state index is 0.0109. The largest absolute Gasteiger partial charge is 0.376 e. The highest BCUT2D eigenvalue weighted by Crippen LogP contribution is 2.22. The van der Waals surface area contributed by atoms with E-state index >= 15 is 0 Å². The number of carbonyl (C=O) groups is 2. The van der Waals surface area contributed by atoms with Crippen LogP contribution >= 0.6 is 0 Å². The topological polar surface area (TPSA) is 61.9 Å². The molecule has 6 heteroatoms. The molecule has 1 aromatic carbocycles. The van der Waals surface area contributed by atoms with E-state index in [1.165, 1.54) is 18.5 Å². The predicted molar refractivity (Wildman–Crippen MR) is 102 cm³/mol. The van der Waals surface area contributed by atoms with Gasteiger partial charge in [-0.25, -0.2) is 0 Å². The molecule has 2 aliphatic rings. The monoisotopic (exact) mass is 359 g/mol. The van der Waals surface area contributed by atoms with Gasteiger partial charge in [-0.3, -0.25) is 9.59 Å². The van der Waals surface area contributed by atoms with E-state index < -0.39 is 0 Å². The van der Waals surface area contributed by atoms with E-state index in [9.17, 15) is 9.59 Å². The third kappa shape index (κ3) is 5.21. The number of amides is 2. The van der Waals surface area contributed by atoms with Gasteiger partial charge >= 0.3 is 0 Å². The van der Waals surface area contributed by atoms with Crippen molar-refractivity contribution in [3.63, 3.8) is 0 Å². The summed E-state index contributed by atoms with van der Waals surface area (Å²) in [5, 5.41) is 2.92. The second-order valence-electron chi connectivity index (χ2n) is 7.14. The van der Waals surface area contributed by atoms with Gasteiger partial charge in [-0.2, -0.15) is 0 Å². The molecule has 1 N–H and O–H groups in total. The highest BCUT2D eigenvalue weighted by molar-refractivity contribution is 5.91. The summed E-state index contributed by atoms with van der Waals surface area (Å²) in [6, 6.07) is 8.00. The van der Waals surface area contributed by atoms with Crippen LogP contribution in [0.3, 0.4) is 0 Å². The molecule has 2 aliphatic heterocycles. The molecule has 1 aromatic rings. The van der Waals surface area contributed by atoms with Crippen LogP contribution in [0.25, 0.3) is 0 Å². The van der Waals surface area contributed by atoms with Crippen LogP contribution in [0.4, 0.5) is 11.4 Å². The summed E-state index contributed by atoms with van der Waals surface area (Å²) in [7, 11) is 0. The summed E-state index contributed by atoms with van der Waals surface area (Å²) >= 11 is 0. The lowest BCUT2D eigenvalue weighted by molar-refractivity contribution is -0.130. The Morgan fingerprint density at radius 2 is 1.92 bits per heavy atom.